The summed E-state index contributed by atoms with van der Waals surface area (Å²) in [6.45, 7) is 0.326. The molecule has 3 aromatic heterocycles. The molecule has 21 heavy (non-hydrogen) atoms. The van der Waals surface area contributed by atoms with Gasteiger partial charge in [0, 0.05) is 35.7 Å². The number of thiophene rings is 1. The fourth-order valence-corrected chi connectivity index (χ4v) is 2.54. The van der Waals surface area contributed by atoms with E-state index in [9.17, 15) is 4.79 Å². The van der Waals surface area contributed by atoms with Crippen molar-refractivity contribution < 1.29 is 4.79 Å². The molecule has 3 heterocycles. The monoisotopic (exact) mass is 296 g/mol. The van der Waals surface area contributed by atoms with Crippen LogP contribution < -0.4 is 5.32 Å². The van der Waals surface area contributed by atoms with Crippen LogP contribution in [0.2, 0.25) is 0 Å². The Balaban J connectivity index is 1.76. The number of pyridine rings is 1. The smallest absolute Gasteiger partial charge is 0.253 e. The maximum Gasteiger partial charge on any atom is 0.253 e. The lowest BCUT2D eigenvalue weighted by atomic mass is 10.2. The van der Waals surface area contributed by atoms with Crippen molar-refractivity contribution in [3.8, 4) is 11.3 Å². The van der Waals surface area contributed by atoms with Crippen LogP contribution in [-0.2, 0) is 6.54 Å². The summed E-state index contributed by atoms with van der Waals surface area (Å²) in [6.07, 6.45) is 6.45. The zero-order valence-corrected chi connectivity index (χ0v) is 11.9. The highest BCUT2D eigenvalue weighted by Crippen LogP contribution is 2.22. The molecule has 0 saturated carbocycles. The van der Waals surface area contributed by atoms with E-state index in [1.165, 1.54) is 6.20 Å². The molecule has 5 nitrogen and oxygen atoms in total. The van der Waals surface area contributed by atoms with E-state index >= 15 is 0 Å². The third kappa shape index (κ3) is 3.11. The molecule has 0 aliphatic rings. The Morgan fingerprint density at radius 3 is 2.86 bits per heavy atom. The van der Waals surface area contributed by atoms with Gasteiger partial charge < -0.3 is 5.32 Å². The Morgan fingerprint density at radius 1 is 1.19 bits per heavy atom. The van der Waals surface area contributed by atoms with Crippen LogP contribution >= 0.6 is 11.3 Å². The van der Waals surface area contributed by atoms with E-state index in [0.29, 0.717) is 12.1 Å². The standard InChI is InChI=1S/C15H12N4OS/c20-15(11-2-1-4-16-8-11)19-9-13-14(18-6-5-17-13)12-3-7-21-10-12/h1-8,10H,9H2,(H,19,20). The molecule has 0 atom stereocenters. The number of nitrogens with zero attached hydrogens (tertiary/aromatic N) is 3. The van der Waals surface area contributed by atoms with E-state index in [1.807, 2.05) is 16.8 Å². The number of carbonyl (C=O) groups excluding carboxylic acids is 1. The van der Waals surface area contributed by atoms with E-state index in [4.69, 9.17) is 0 Å². The van der Waals surface area contributed by atoms with Crippen LogP contribution in [0.5, 0.6) is 0 Å². The number of hydrogen-bond acceptors (Lipinski definition) is 5. The van der Waals surface area contributed by atoms with Gasteiger partial charge in [-0.3, -0.25) is 19.7 Å². The second-order valence-corrected chi connectivity index (χ2v) is 5.07. The van der Waals surface area contributed by atoms with Gasteiger partial charge in [0.25, 0.3) is 5.91 Å². The Kier molecular flexibility index (Phi) is 3.97. The lowest BCUT2D eigenvalue weighted by Crippen LogP contribution is -2.23. The molecule has 0 aromatic carbocycles. The lowest BCUT2D eigenvalue weighted by molar-refractivity contribution is 0.0950. The summed E-state index contributed by atoms with van der Waals surface area (Å²) < 4.78 is 0. The van der Waals surface area contributed by atoms with Crippen LogP contribution in [0, 0.1) is 0 Å². The van der Waals surface area contributed by atoms with Gasteiger partial charge in [-0.05, 0) is 23.6 Å². The molecule has 0 aliphatic carbocycles. The first-order valence-corrected chi connectivity index (χ1v) is 7.29. The molecule has 1 N–H and O–H groups in total. The first kappa shape index (κ1) is 13.4. The minimum atomic E-state index is -0.176. The van der Waals surface area contributed by atoms with Crippen molar-refractivity contribution >= 4 is 17.2 Å². The summed E-state index contributed by atoms with van der Waals surface area (Å²) in [4.78, 5) is 24.6. The highest BCUT2D eigenvalue weighted by atomic mass is 32.1. The molecule has 3 rings (SSSR count). The van der Waals surface area contributed by atoms with Crippen molar-refractivity contribution in [2.24, 2.45) is 0 Å². The Bertz CT molecular complexity index is 728. The average Bonchev–Trinajstić information content (AvgIpc) is 3.08. The highest BCUT2D eigenvalue weighted by Gasteiger charge is 2.10. The van der Waals surface area contributed by atoms with Crippen LogP contribution in [0.4, 0.5) is 0 Å². The van der Waals surface area contributed by atoms with Crippen molar-refractivity contribution in [2.45, 2.75) is 6.54 Å². The molecule has 0 radical (unpaired) electrons. The summed E-state index contributed by atoms with van der Waals surface area (Å²) >= 11 is 1.60. The minimum absolute atomic E-state index is 0.176. The lowest BCUT2D eigenvalue weighted by Gasteiger charge is -2.07. The predicted octanol–water partition coefficient (Wildman–Crippen LogP) is 2.53. The summed E-state index contributed by atoms with van der Waals surface area (Å²) in [6, 6.07) is 5.44. The van der Waals surface area contributed by atoms with Crippen molar-refractivity contribution in [3.05, 3.63) is 65.0 Å². The second kappa shape index (κ2) is 6.23. The highest BCUT2D eigenvalue weighted by molar-refractivity contribution is 7.08. The maximum atomic E-state index is 12.0. The number of hydrogen-bond donors (Lipinski definition) is 1. The van der Waals surface area contributed by atoms with E-state index < -0.39 is 0 Å². The van der Waals surface area contributed by atoms with Crippen LogP contribution in [-0.4, -0.2) is 20.9 Å². The van der Waals surface area contributed by atoms with E-state index in [2.05, 4.69) is 20.3 Å². The van der Waals surface area contributed by atoms with Crippen LogP contribution in [0.25, 0.3) is 11.3 Å². The van der Waals surface area contributed by atoms with Gasteiger partial charge in [-0.25, -0.2) is 0 Å². The molecule has 0 bridgehead atoms. The van der Waals surface area contributed by atoms with Gasteiger partial charge in [-0.15, -0.1) is 0 Å². The third-order valence-electron chi connectivity index (χ3n) is 2.91. The average molecular weight is 296 g/mol. The van der Waals surface area contributed by atoms with Gasteiger partial charge in [-0.2, -0.15) is 11.3 Å². The fourth-order valence-electron chi connectivity index (χ4n) is 1.90. The molecular formula is C15H12N4OS. The third-order valence-corrected chi connectivity index (χ3v) is 3.59. The Labute approximate surface area is 125 Å². The largest absolute Gasteiger partial charge is 0.346 e. The van der Waals surface area contributed by atoms with E-state index in [0.717, 1.165) is 17.0 Å². The topological polar surface area (TPSA) is 67.8 Å². The summed E-state index contributed by atoms with van der Waals surface area (Å²) in [5.41, 5.74) is 3.08. The molecule has 6 heteroatoms. The number of carbonyl (C=O) groups is 1. The van der Waals surface area contributed by atoms with Crippen molar-refractivity contribution in [1.82, 2.24) is 20.3 Å². The molecule has 0 fully saturated rings. The molecule has 1 amide bonds. The molecule has 0 unspecified atom stereocenters. The Hall–Kier alpha value is -2.60. The first-order valence-electron chi connectivity index (χ1n) is 6.35. The van der Waals surface area contributed by atoms with Gasteiger partial charge in [0.15, 0.2) is 0 Å². The van der Waals surface area contributed by atoms with Crippen molar-refractivity contribution in [2.75, 3.05) is 0 Å². The molecule has 0 saturated heterocycles. The molecular weight excluding hydrogens is 284 g/mol. The molecule has 104 valence electrons. The zero-order valence-electron chi connectivity index (χ0n) is 11.1. The van der Waals surface area contributed by atoms with Gasteiger partial charge in [0.05, 0.1) is 23.5 Å². The van der Waals surface area contributed by atoms with Gasteiger partial charge >= 0.3 is 0 Å². The Morgan fingerprint density at radius 2 is 2.10 bits per heavy atom. The predicted molar refractivity (Wildman–Crippen MR) is 80.8 cm³/mol. The summed E-state index contributed by atoms with van der Waals surface area (Å²) in [7, 11) is 0. The molecule has 0 aliphatic heterocycles. The van der Waals surface area contributed by atoms with Crippen LogP contribution in [0.15, 0.2) is 53.7 Å². The maximum absolute atomic E-state index is 12.0. The molecule has 3 aromatic rings. The number of nitrogens with one attached hydrogen (secondary N) is 1. The summed E-state index contributed by atoms with van der Waals surface area (Å²) in [5.74, 6) is -0.176. The van der Waals surface area contributed by atoms with Gasteiger partial charge in [0.1, 0.15) is 0 Å². The quantitative estimate of drug-likeness (QED) is 0.803. The van der Waals surface area contributed by atoms with E-state index in [1.54, 1.807) is 42.1 Å². The fraction of sp³-hybridized carbons (Fsp3) is 0.0667. The normalized spacial score (nSPS) is 10.3. The van der Waals surface area contributed by atoms with Gasteiger partial charge in [0.2, 0.25) is 0 Å². The summed E-state index contributed by atoms with van der Waals surface area (Å²) in [5, 5.41) is 6.84. The number of rotatable bonds is 4. The first-order chi connectivity index (χ1) is 10.3. The number of amides is 1. The minimum Gasteiger partial charge on any atom is -0.346 e. The van der Waals surface area contributed by atoms with Gasteiger partial charge in [-0.1, -0.05) is 0 Å². The van der Waals surface area contributed by atoms with Crippen molar-refractivity contribution in [3.63, 3.8) is 0 Å². The second-order valence-electron chi connectivity index (χ2n) is 4.29. The number of aromatic nitrogens is 3. The zero-order chi connectivity index (χ0) is 14.5. The van der Waals surface area contributed by atoms with Crippen LogP contribution in [0.1, 0.15) is 16.1 Å². The van der Waals surface area contributed by atoms with Crippen molar-refractivity contribution in [1.29, 1.82) is 0 Å². The van der Waals surface area contributed by atoms with E-state index in [-0.39, 0.29) is 5.91 Å². The van der Waals surface area contributed by atoms with Crippen LogP contribution in [0.3, 0.4) is 0 Å². The molecule has 0 spiro atoms. The SMILES string of the molecule is O=C(NCc1nccnc1-c1ccsc1)c1cccnc1.